The van der Waals surface area contributed by atoms with Crippen molar-refractivity contribution in [3.8, 4) is 0 Å². The number of nitrogens with zero attached hydrogens (tertiary/aromatic N) is 1. The van der Waals surface area contributed by atoms with E-state index in [0.29, 0.717) is 5.69 Å². The molecule has 0 atom stereocenters. The Labute approximate surface area is 161 Å². The van der Waals surface area contributed by atoms with Crippen molar-refractivity contribution in [2.75, 3.05) is 4.31 Å². The van der Waals surface area contributed by atoms with Crippen molar-refractivity contribution >= 4 is 27.3 Å². The van der Waals surface area contributed by atoms with E-state index in [0.717, 1.165) is 22.0 Å². The van der Waals surface area contributed by atoms with Gasteiger partial charge in [0.25, 0.3) is 10.0 Å². The van der Waals surface area contributed by atoms with Gasteiger partial charge in [0.15, 0.2) is 0 Å². The highest BCUT2D eigenvalue weighted by Crippen LogP contribution is 2.30. The molecule has 3 nitrogen and oxygen atoms in total. The molecule has 0 saturated carbocycles. The molecule has 0 heterocycles. The zero-order valence-corrected chi connectivity index (χ0v) is 15.9. The van der Waals surface area contributed by atoms with Crippen LogP contribution in [-0.2, 0) is 16.6 Å². The minimum atomic E-state index is -4.08. The van der Waals surface area contributed by atoms with E-state index in [1.165, 1.54) is 18.2 Å². The summed E-state index contributed by atoms with van der Waals surface area (Å²) in [6, 6.07) is 15.9. The molecule has 0 spiro atoms. The van der Waals surface area contributed by atoms with Gasteiger partial charge in [-0.15, -0.1) is 0 Å². The van der Waals surface area contributed by atoms with Crippen molar-refractivity contribution in [3.63, 3.8) is 0 Å². The summed E-state index contributed by atoms with van der Waals surface area (Å²) in [5.41, 5.74) is 1.35. The number of hydrogen-bond acceptors (Lipinski definition) is 2. The largest absolute Gasteiger partial charge is 0.266 e. The van der Waals surface area contributed by atoms with Gasteiger partial charge in [-0.05, 0) is 37.3 Å². The minimum absolute atomic E-state index is 0.0487. The van der Waals surface area contributed by atoms with E-state index in [2.05, 4.69) is 0 Å². The summed E-state index contributed by atoms with van der Waals surface area (Å²) in [4.78, 5) is -0.0882. The molecule has 0 saturated heterocycles. The molecule has 140 valence electrons. The van der Waals surface area contributed by atoms with Gasteiger partial charge in [0.05, 0.1) is 17.3 Å². The molecular formula is C20H16ClF2NO2S. The number of rotatable bonds is 5. The summed E-state index contributed by atoms with van der Waals surface area (Å²) < 4.78 is 55.0. The molecule has 0 radical (unpaired) electrons. The maximum Gasteiger partial charge on any atom is 0.266 e. The van der Waals surface area contributed by atoms with Crippen LogP contribution in [0.3, 0.4) is 0 Å². The molecule has 0 amide bonds. The predicted molar refractivity (Wildman–Crippen MR) is 102 cm³/mol. The van der Waals surface area contributed by atoms with E-state index in [9.17, 15) is 17.2 Å². The minimum Gasteiger partial charge on any atom is -0.262 e. The lowest BCUT2D eigenvalue weighted by molar-refractivity contribution is 0.569. The maximum absolute atomic E-state index is 14.2. The van der Waals surface area contributed by atoms with Crippen molar-refractivity contribution in [2.45, 2.75) is 18.4 Å². The van der Waals surface area contributed by atoms with Gasteiger partial charge in [0.2, 0.25) is 0 Å². The SMILES string of the molecule is Cc1ccc(N(Cc2ccc(F)cc2F)S(=O)(=O)c2ccccc2Cl)cc1. The average molecular weight is 408 g/mol. The molecule has 3 aromatic carbocycles. The third kappa shape index (κ3) is 4.12. The van der Waals surface area contributed by atoms with Crippen LogP contribution >= 0.6 is 11.6 Å². The van der Waals surface area contributed by atoms with E-state index in [1.807, 2.05) is 6.92 Å². The zero-order valence-electron chi connectivity index (χ0n) is 14.4. The van der Waals surface area contributed by atoms with Crippen LogP contribution in [0.5, 0.6) is 0 Å². The molecule has 3 rings (SSSR count). The van der Waals surface area contributed by atoms with Crippen LogP contribution in [0.4, 0.5) is 14.5 Å². The van der Waals surface area contributed by atoms with E-state index < -0.39 is 21.7 Å². The molecule has 0 N–H and O–H groups in total. The molecule has 0 aliphatic rings. The van der Waals surface area contributed by atoms with Gasteiger partial charge in [-0.2, -0.15) is 0 Å². The normalized spacial score (nSPS) is 11.4. The third-order valence-electron chi connectivity index (χ3n) is 4.06. The van der Waals surface area contributed by atoms with Gasteiger partial charge >= 0.3 is 0 Å². The van der Waals surface area contributed by atoms with E-state index in [1.54, 1.807) is 36.4 Å². The van der Waals surface area contributed by atoms with Crippen molar-refractivity contribution in [2.24, 2.45) is 0 Å². The summed E-state index contributed by atoms with van der Waals surface area (Å²) in [5.74, 6) is -1.55. The zero-order chi connectivity index (χ0) is 19.6. The smallest absolute Gasteiger partial charge is 0.262 e. The molecule has 7 heteroatoms. The average Bonchev–Trinajstić information content (AvgIpc) is 2.62. The van der Waals surface area contributed by atoms with E-state index >= 15 is 0 Å². The molecule has 0 unspecified atom stereocenters. The van der Waals surface area contributed by atoms with Crippen LogP contribution < -0.4 is 4.31 Å². The monoisotopic (exact) mass is 407 g/mol. The van der Waals surface area contributed by atoms with E-state index in [4.69, 9.17) is 11.6 Å². The fourth-order valence-corrected chi connectivity index (χ4v) is 4.54. The second kappa shape index (κ2) is 7.66. The second-order valence-corrected chi connectivity index (χ2v) is 8.25. The molecule has 0 aliphatic heterocycles. The molecule has 0 bridgehead atoms. The Bertz CT molecular complexity index is 1070. The third-order valence-corrected chi connectivity index (χ3v) is 6.33. The van der Waals surface area contributed by atoms with Gasteiger partial charge in [-0.1, -0.05) is 47.5 Å². The number of aryl methyl sites for hydroxylation is 1. The Morgan fingerprint density at radius 3 is 2.26 bits per heavy atom. The highest BCUT2D eigenvalue weighted by atomic mass is 35.5. The predicted octanol–water partition coefficient (Wildman–Crippen LogP) is 5.32. The standard InChI is InChI=1S/C20H16ClF2NO2S/c1-14-6-10-17(11-7-14)24(13-15-8-9-16(22)12-19(15)23)27(25,26)20-5-3-2-4-18(20)21/h2-12H,13H2,1H3. The van der Waals surface area contributed by atoms with Crippen molar-refractivity contribution in [1.29, 1.82) is 0 Å². The lowest BCUT2D eigenvalue weighted by Crippen LogP contribution is -2.31. The number of hydrogen-bond donors (Lipinski definition) is 0. The van der Waals surface area contributed by atoms with Gasteiger partial charge in [0.1, 0.15) is 16.5 Å². The fourth-order valence-electron chi connectivity index (χ4n) is 2.60. The van der Waals surface area contributed by atoms with Gasteiger partial charge in [0, 0.05) is 11.6 Å². The van der Waals surface area contributed by atoms with Crippen molar-refractivity contribution in [1.82, 2.24) is 0 Å². The summed E-state index contributed by atoms with van der Waals surface area (Å²) in [5, 5.41) is 0.0641. The topological polar surface area (TPSA) is 37.4 Å². The highest BCUT2D eigenvalue weighted by Gasteiger charge is 2.28. The fraction of sp³-hybridized carbons (Fsp3) is 0.100. The Kier molecular flexibility index (Phi) is 5.48. The van der Waals surface area contributed by atoms with Gasteiger partial charge < -0.3 is 0 Å². The number of anilines is 1. The van der Waals surface area contributed by atoms with Crippen molar-refractivity contribution in [3.05, 3.63) is 94.5 Å². The summed E-state index contributed by atoms with van der Waals surface area (Å²) in [7, 11) is -4.08. The first-order chi connectivity index (χ1) is 12.8. The Hall–Kier alpha value is -2.44. The molecule has 3 aromatic rings. The van der Waals surface area contributed by atoms with Crippen LogP contribution in [0.1, 0.15) is 11.1 Å². The number of halogens is 3. The van der Waals surface area contributed by atoms with Crippen LogP contribution in [0.25, 0.3) is 0 Å². The summed E-state index contributed by atoms with van der Waals surface area (Å²) in [6.45, 7) is 1.57. The molecule has 0 aliphatic carbocycles. The molecule has 27 heavy (non-hydrogen) atoms. The first-order valence-corrected chi connectivity index (χ1v) is 9.89. The van der Waals surface area contributed by atoms with Crippen LogP contribution in [0.2, 0.25) is 5.02 Å². The van der Waals surface area contributed by atoms with Gasteiger partial charge in [-0.3, -0.25) is 4.31 Å². The lowest BCUT2D eigenvalue weighted by Gasteiger charge is -2.25. The first-order valence-electron chi connectivity index (χ1n) is 8.07. The highest BCUT2D eigenvalue weighted by molar-refractivity contribution is 7.93. The second-order valence-electron chi connectivity index (χ2n) is 6.01. The Morgan fingerprint density at radius 2 is 1.63 bits per heavy atom. The van der Waals surface area contributed by atoms with Crippen molar-refractivity contribution < 1.29 is 17.2 Å². The Balaban J connectivity index is 2.12. The summed E-state index contributed by atoms with van der Waals surface area (Å²) in [6.07, 6.45) is 0. The number of benzene rings is 3. The number of sulfonamides is 1. The van der Waals surface area contributed by atoms with Crippen LogP contribution in [-0.4, -0.2) is 8.42 Å². The first kappa shape index (κ1) is 19.3. The molecular weight excluding hydrogens is 392 g/mol. The van der Waals surface area contributed by atoms with Crippen LogP contribution in [0.15, 0.2) is 71.6 Å². The quantitative estimate of drug-likeness (QED) is 0.573. The van der Waals surface area contributed by atoms with E-state index in [-0.39, 0.29) is 22.0 Å². The Morgan fingerprint density at radius 1 is 0.963 bits per heavy atom. The molecule has 0 fully saturated rings. The maximum atomic E-state index is 14.2. The molecule has 0 aromatic heterocycles. The van der Waals surface area contributed by atoms with Crippen LogP contribution in [0, 0.1) is 18.6 Å². The van der Waals surface area contributed by atoms with Gasteiger partial charge in [-0.25, -0.2) is 17.2 Å². The lowest BCUT2D eigenvalue weighted by atomic mass is 10.2. The summed E-state index contributed by atoms with van der Waals surface area (Å²) >= 11 is 6.09.